The van der Waals surface area contributed by atoms with E-state index >= 15 is 0 Å². The number of aromatic nitrogens is 2. The van der Waals surface area contributed by atoms with E-state index in [1.54, 1.807) is 13.1 Å². The Kier molecular flexibility index (Phi) is 3.97. The average Bonchev–Trinajstić information content (AvgIpc) is 2.41. The minimum atomic E-state index is -0.287. The second-order valence-electron chi connectivity index (χ2n) is 4.04. The molecule has 0 aliphatic rings. The first-order valence-corrected chi connectivity index (χ1v) is 6.02. The zero-order valence-corrected chi connectivity index (χ0v) is 11.1. The highest BCUT2D eigenvalue weighted by molar-refractivity contribution is 6.31. The lowest BCUT2D eigenvalue weighted by molar-refractivity contribution is 0.0780. The Bertz CT molecular complexity index is 603. The molecule has 5 nitrogen and oxygen atoms in total. The summed E-state index contributed by atoms with van der Waals surface area (Å²) in [6, 6.07) is 7.36. The van der Waals surface area contributed by atoms with Crippen molar-refractivity contribution >= 4 is 23.3 Å². The fourth-order valence-corrected chi connectivity index (χ4v) is 1.84. The van der Waals surface area contributed by atoms with Crippen molar-refractivity contribution < 1.29 is 4.79 Å². The number of anilines is 1. The molecule has 98 valence electrons. The molecule has 19 heavy (non-hydrogen) atoms. The Morgan fingerprint density at radius 3 is 2.68 bits per heavy atom. The molecule has 2 aromatic rings. The van der Waals surface area contributed by atoms with Gasteiger partial charge in [-0.1, -0.05) is 29.8 Å². The quantitative estimate of drug-likeness (QED) is 0.930. The van der Waals surface area contributed by atoms with Gasteiger partial charge in [-0.15, -0.1) is 0 Å². The summed E-state index contributed by atoms with van der Waals surface area (Å²) in [6.07, 6.45) is 2.88. The van der Waals surface area contributed by atoms with Crippen molar-refractivity contribution in [2.75, 3.05) is 12.8 Å². The highest BCUT2D eigenvalue weighted by Crippen LogP contribution is 2.17. The maximum absolute atomic E-state index is 12.2. The van der Waals surface area contributed by atoms with Gasteiger partial charge in [0.25, 0.3) is 5.91 Å². The minimum Gasteiger partial charge on any atom is -0.382 e. The monoisotopic (exact) mass is 276 g/mol. The van der Waals surface area contributed by atoms with Gasteiger partial charge in [-0.2, -0.15) is 0 Å². The van der Waals surface area contributed by atoms with Crippen LogP contribution in [0.15, 0.2) is 36.7 Å². The SMILES string of the molecule is CN(Cc1ccccc1Cl)C(=O)c1nccnc1N. The third kappa shape index (κ3) is 3.00. The molecule has 0 fully saturated rings. The van der Waals surface area contributed by atoms with E-state index in [-0.39, 0.29) is 17.4 Å². The number of benzene rings is 1. The van der Waals surface area contributed by atoms with Crippen LogP contribution in [0.4, 0.5) is 5.82 Å². The zero-order valence-electron chi connectivity index (χ0n) is 10.4. The van der Waals surface area contributed by atoms with Gasteiger partial charge in [-0.3, -0.25) is 4.79 Å². The molecule has 0 aliphatic heterocycles. The number of hydrogen-bond acceptors (Lipinski definition) is 4. The van der Waals surface area contributed by atoms with Crippen LogP contribution in [0.5, 0.6) is 0 Å². The van der Waals surface area contributed by atoms with Gasteiger partial charge in [-0.05, 0) is 11.6 Å². The van der Waals surface area contributed by atoms with Crippen LogP contribution >= 0.6 is 11.6 Å². The summed E-state index contributed by atoms with van der Waals surface area (Å²) in [4.78, 5) is 21.5. The minimum absolute atomic E-state index is 0.124. The molecule has 0 saturated carbocycles. The average molecular weight is 277 g/mol. The predicted molar refractivity (Wildman–Crippen MR) is 73.7 cm³/mol. The molecule has 0 saturated heterocycles. The number of hydrogen-bond donors (Lipinski definition) is 1. The number of nitrogens with two attached hydrogens (primary N) is 1. The highest BCUT2D eigenvalue weighted by atomic mass is 35.5. The van der Waals surface area contributed by atoms with Gasteiger partial charge in [0.05, 0.1) is 0 Å². The number of nitrogens with zero attached hydrogens (tertiary/aromatic N) is 3. The molecule has 6 heteroatoms. The van der Waals surface area contributed by atoms with Crippen LogP contribution in [0.2, 0.25) is 5.02 Å². The van der Waals surface area contributed by atoms with E-state index in [4.69, 9.17) is 17.3 Å². The topological polar surface area (TPSA) is 72.1 Å². The maximum atomic E-state index is 12.2. The van der Waals surface area contributed by atoms with Crippen molar-refractivity contribution in [1.82, 2.24) is 14.9 Å². The molecule has 1 heterocycles. The molecule has 0 bridgehead atoms. The smallest absolute Gasteiger partial charge is 0.276 e. The molecule has 0 aliphatic carbocycles. The molecule has 1 aromatic carbocycles. The Morgan fingerprint density at radius 2 is 2.00 bits per heavy atom. The molecule has 0 atom stereocenters. The third-order valence-electron chi connectivity index (χ3n) is 2.64. The van der Waals surface area contributed by atoms with Crippen LogP contribution < -0.4 is 5.73 Å². The van der Waals surface area contributed by atoms with Crippen molar-refractivity contribution in [3.63, 3.8) is 0 Å². The summed E-state index contributed by atoms with van der Waals surface area (Å²) in [7, 11) is 1.67. The molecular formula is C13H13ClN4O. The van der Waals surface area contributed by atoms with Crippen LogP contribution in [0.25, 0.3) is 0 Å². The van der Waals surface area contributed by atoms with Crippen LogP contribution in [0, 0.1) is 0 Å². The number of carbonyl (C=O) groups excluding carboxylic acids is 1. The van der Waals surface area contributed by atoms with Gasteiger partial charge in [0.15, 0.2) is 11.5 Å². The second-order valence-corrected chi connectivity index (χ2v) is 4.45. The zero-order chi connectivity index (χ0) is 13.8. The number of carbonyl (C=O) groups is 1. The summed E-state index contributed by atoms with van der Waals surface area (Å²) < 4.78 is 0. The molecule has 0 radical (unpaired) electrons. The highest BCUT2D eigenvalue weighted by Gasteiger charge is 2.17. The first-order chi connectivity index (χ1) is 9.09. The van der Waals surface area contributed by atoms with Gasteiger partial charge >= 0.3 is 0 Å². The van der Waals surface area contributed by atoms with Gasteiger partial charge in [0, 0.05) is 31.0 Å². The van der Waals surface area contributed by atoms with Crippen LogP contribution in [-0.2, 0) is 6.54 Å². The Morgan fingerprint density at radius 1 is 1.32 bits per heavy atom. The van der Waals surface area contributed by atoms with Gasteiger partial charge in [0.2, 0.25) is 0 Å². The first-order valence-electron chi connectivity index (χ1n) is 5.65. The Labute approximate surface area is 116 Å². The molecule has 0 spiro atoms. The van der Waals surface area contributed by atoms with Crippen LogP contribution in [-0.4, -0.2) is 27.8 Å². The largest absolute Gasteiger partial charge is 0.382 e. The second kappa shape index (κ2) is 5.67. The van der Waals surface area contributed by atoms with Crippen LogP contribution in [0.1, 0.15) is 16.1 Å². The van der Waals surface area contributed by atoms with E-state index in [0.717, 1.165) is 5.56 Å². The molecule has 0 unspecified atom stereocenters. The lowest BCUT2D eigenvalue weighted by Gasteiger charge is -2.17. The number of halogens is 1. The Balaban J connectivity index is 2.17. The number of nitrogen functional groups attached to an aromatic ring is 1. The summed E-state index contributed by atoms with van der Waals surface area (Å²) in [5.74, 6) is -0.163. The van der Waals surface area contributed by atoms with E-state index in [9.17, 15) is 4.79 Å². The predicted octanol–water partition coefficient (Wildman–Crippen LogP) is 1.98. The molecule has 2 rings (SSSR count). The van der Waals surface area contributed by atoms with Crippen LogP contribution in [0.3, 0.4) is 0 Å². The van der Waals surface area contributed by atoms with Gasteiger partial charge < -0.3 is 10.6 Å². The summed E-state index contributed by atoms with van der Waals surface area (Å²) >= 11 is 6.06. The van der Waals surface area contributed by atoms with Crippen molar-refractivity contribution in [3.8, 4) is 0 Å². The third-order valence-corrected chi connectivity index (χ3v) is 3.01. The Hall–Kier alpha value is -2.14. The number of rotatable bonds is 3. The van der Waals surface area contributed by atoms with E-state index in [1.165, 1.54) is 17.3 Å². The maximum Gasteiger partial charge on any atom is 0.276 e. The first kappa shape index (κ1) is 13.3. The van der Waals surface area contributed by atoms with Crippen molar-refractivity contribution in [2.24, 2.45) is 0 Å². The van der Waals surface area contributed by atoms with Gasteiger partial charge in [-0.25, -0.2) is 9.97 Å². The van der Waals surface area contributed by atoms with Crippen molar-refractivity contribution in [1.29, 1.82) is 0 Å². The standard InChI is InChI=1S/C13H13ClN4O/c1-18(8-9-4-2-3-5-10(9)14)13(19)11-12(15)17-7-6-16-11/h2-7H,8H2,1H3,(H2,15,17). The molecule has 1 amide bonds. The lowest BCUT2D eigenvalue weighted by Crippen LogP contribution is -2.28. The fourth-order valence-electron chi connectivity index (χ4n) is 1.65. The normalized spacial score (nSPS) is 10.2. The molecular weight excluding hydrogens is 264 g/mol. The van der Waals surface area contributed by atoms with E-state index < -0.39 is 0 Å². The van der Waals surface area contributed by atoms with E-state index in [0.29, 0.717) is 11.6 Å². The van der Waals surface area contributed by atoms with E-state index in [2.05, 4.69) is 9.97 Å². The summed E-state index contributed by atoms with van der Waals surface area (Å²) in [6.45, 7) is 0.383. The lowest BCUT2D eigenvalue weighted by atomic mass is 10.2. The summed E-state index contributed by atoms with van der Waals surface area (Å²) in [5, 5.41) is 0.620. The van der Waals surface area contributed by atoms with Crippen molar-refractivity contribution in [2.45, 2.75) is 6.54 Å². The number of amides is 1. The van der Waals surface area contributed by atoms with Gasteiger partial charge in [0.1, 0.15) is 0 Å². The molecule has 2 N–H and O–H groups in total. The van der Waals surface area contributed by atoms with E-state index in [1.807, 2.05) is 18.2 Å². The summed E-state index contributed by atoms with van der Waals surface area (Å²) in [5.41, 5.74) is 6.65. The molecule has 1 aromatic heterocycles. The fraction of sp³-hybridized carbons (Fsp3) is 0.154. The van der Waals surface area contributed by atoms with Crippen molar-refractivity contribution in [3.05, 3.63) is 52.9 Å².